The van der Waals surface area contributed by atoms with Gasteiger partial charge in [-0.25, -0.2) is 5.01 Å². The number of rotatable bonds is 5. The summed E-state index contributed by atoms with van der Waals surface area (Å²) in [7, 11) is 1.57. The van der Waals surface area contributed by atoms with Crippen molar-refractivity contribution in [3.63, 3.8) is 0 Å². The molecule has 0 aromatic heterocycles. The lowest BCUT2D eigenvalue weighted by Gasteiger charge is -2.33. The zero-order chi connectivity index (χ0) is 17.6. The first-order valence-corrected chi connectivity index (χ1v) is 8.62. The molecule has 1 aromatic rings. The quantitative estimate of drug-likeness (QED) is 0.849. The number of ether oxygens (including phenoxy) is 1. The molecule has 25 heavy (non-hydrogen) atoms. The molecule has 2 aliphatic heterocycles. The Labute approximate surface area is 147 Å². The highest BCUT2D eigenvalue weighted by atomic mass is 16.5. The summed E-state index contributed by atoms with van der Waals surface area (Å²) < 4.78 is 5.76. The molecule has 1 atom stereocenters. The van der Waals surface area contributed by atoms with Gasteiger partial charge < -0.3 is 10.1 Å². The Balaban J connectivity index is 1.47. The molecular formula is C18H24N4O3. The Kier molecular flexibility index (Phi) is 5.78. The minimum Gasteiger partial charge on any atom is -0.374 e. The first-order valence-electron chi connectivity index (χ1n) is 8.62. The number of nitrogens with one attached hydrogen (secondary N) is 1. The van der Waals surface area contributed by atoms with Gasteiger partial charge in [-0.3, -0.25) is 14.5 Å². The standard InChI is InChI=1S/C18H24N4O3/c1-21-17(23)8-7-16(20-21)18(24)19-11-15-13-22(9-10-25-15)12-14-5-3-2-4-6-14/h2-6,15H,7-13H2,1H3,(H,19,24)/t15-/m0/s1. The summed E-state index contributed by atoms with van der Waals surface area (Å²) in [6, 6.07) is 10.3. The van der Waals surface area contributed by atoms with Crippen LogP contribution in [-0.4, -0.2) is 66.8 Å². The van der Waals surface area contributed by atoms with Crippen LogP contribution in [0.25, 0.3) is 0 Å². The van der Waals surface area contributed by atoms with E-state index in [4.69, 9.17) is 4.74 Å². The molecule has 0 spiro atoms. The third kappa shape index (κ3) is 4.87. The molecule has 0 aliphatic carbocycles. The monoisotopic (exact) mass is 344 g/mol. The molecule has 2 heterocycles. The number of hydrogen-bond donors (Lipinski definition) is 1. The predicted octanol–water partition coefficient (Wildman–Crippen LogP) is 0.612. The summed E-state index contributed by atoms with van der Waals surface area (Å²) in [4.78, 5) is 26.0. The molecule has 134 valence electrons. The highest BCUT2D eigenvalue weighted by Crippen LogP contribution is 2.11. The zero-order valence-electron chi connectivity index (χ0n) is 14.5. The highest BCUT2D eigenvalue weighted by Gasteiger charge is 2.24. The topological polar surface area (TPSA) is 74.2 Å². The SMILES string of the molecule is CN1N=C(C(=O)NC[C@H]2CN(Cc3ccccc3)CCO2)CCC1=O. The fourth-order valence-corrected chi connectivity index (χ4v) is 3.03. The molecule has 7 nitrogen and oxygen atoms in total. The fraction of sp³-hybridized carbons (Fsp3) is 0.500. The number of amides is 2. The fourth-order valence-electron chi connectivity index (χ4n) is 3.03. The molecular weight excluding hydrogens is 320 g/mol. The summed E-state index contributed by atoms with van der Waals surface area (Å²) in [5, 5.41) is 8.15. The van der Waals surface area contributed by atoms with Crippen LogP contribution in [-0.2, 0) is 20.9 Å². The maximum Gasteiger partial charge on any atom is 0.267 e. The second kappa shape index (κ2) is 8.22. The van der Waals surface area contributed by atoms with Crippen LogP contribution in [0.2, 0.25) is 0 Å². The largest absolute Gasteiger partial charge is 0.374 e. The van der Waals surface area contributed by atoms with E-state index >= 15 is 0 Å². The molecule has 3 rings (SSSR count). The van der Waals surface area contributed by atoms with E-state index in [0.717, 1.165) is 19.6 Å². The van der Waals surface area contributed by atoms with Crippen LogP contribution in [0.15, 0.2) is 35.4 Å². The maximum absolute atomic E-state index is 12.2. The average molecular weight is 344 g/mol. The second-order valence-corrected chi connectivity index (χ2v) is 6.39. The van der Waals surface area contributed by atoms with Crippen molar-refractivity contribution in [2.45, 2.75) is 25.5 Å². The number of benzene rings is 1. The normalized spacial score (nSPS) is 21.8. The van der Waals surface area contributed by atoms with Crippen LogP contribution in [0.4, 0.5) is 0 Å². The molecule has 2 amide bonds. The van der Waals surface area contributed by atoms with E-state index in [-0.39, 0.29) is 17.9 Å². The predicted molar refractivity (Wildman–Crippen MR) is 93.9 cm³/mol. The zero-order valence-corrected chi connectivity index (χ0v) is 14.5. The van der Waals surface area contributed by atoms with E-state index in [1.807, 2.05) is 18.2 Å². The molecule has 0 unspecified atom stereocenters. The Bertz CT molecular complexity index is 647. The highest BCUT2D eigenvalue weighted by molar-refractivity contribution is 6.39. The Morgan fingerprint density at radius 1 is 1.32 bits per heavy atom. The number of hydrogen-bond acceptors (Lipinski definition) is 5. The van der Waals surface area contributed by atoms with Crippen molar-refractivity contribution in [1.82, 2.24) is 15.2 Å². The molecule has 1 fully saturated rings. The number of carbonyl (C=O) groups is 2. The van der Waals surface area contributed by atoms with Crippen LogP contribution in [0.3, 0.4) is 0 Å². The van der Waals surface area contributed by atoms with Gasteiger partial charge in [0.25, 0.3) is 5.91 Å². The third-order valence-corrected chi connectivity index (χ3v) is 4.43. The van der Waals surface area contributed by atoms with Crippen molar-refractivity contribution in [1.29, 1.82) is 0 Å². The Morgan fingerprint density at radius 2 is 2.12 bits per heavy atom. The lowest BCUT2D eigenvalue weighted by Crippen LogP contribution is -2.48. The van der Waals surface area contributed by atoms with Gasteiger partial charge in [0.1, 0.15) is 5.71 Å². The number of morpholine rings is 1. The van der Waals surface area contributed by atoms with E-state index in [1.54, 1.807) is 7.05 Å². The second-order valence-electron chi connectivity index (χ2n) is 6.39. The van der Waals surface area contributed by atoms with Gasteiger partial charge >= 0.3 is 0 Å². The summed E-state index contributed by atoms with van der Waals surface area (Å²) >= 11 is 0. The van der Waals surface area contributed by atoms with E-state index in [9.17, 15) is 9.59 Å². The van der Waals surface area contributed by atoms with Gasteiger partial charge in [0.2, 0.25) is 5.91 Å². The van der Waals surface area contributed by atoms with Gasteiger partial charge in [0, 0.05) is 46.1 Å². The lowest BCUT2D eigenvalue weighted by molar-refractivity contribution is -0.130. The van der Waals surface area contributed by atoms with Crippen LogP contribution < -0.4 is 5.32 Å². The molecule has 0 radical (unpaired) electrons. The van der Waals surface area contributed by atoms with Crippen molar-refractivity contribution < 1.29 is 14.3 Å². The van der Waals surface area contributed by atoms with Gasteiger partial charge in [-0.05, 0) is 5.56 Å². The smallest absolute Gasteiger partial charge is 0.267 e. The molecule has 7 heteroatoms. The van der Waals surface area contributed by atoms with Gasteiger partial charge in [0.05, 0.1) is 12.7 Å². The van der Waals surface area contributed by atoms with Crippen LogP contribution >= 0.6 is 0 Å². The average Bonchev–Trinajstić information content (AvgIpc) is 2.63. The van der Waals surface area contributed by atoms with E-state index in [1.165, 1.54) is 10.6 Å². The van der Waals surface area contributed by atoms with Crippen molar-refractivity contribution in [2.75, 3.05) is 33.3 Å². The van der Waals surface area contributed by atoms with Gasteiger partial charge in [0.15, 0.2) is 0 Å². The maximum atomic E-state index is 12.2. The molecule has 0 bridgehead atoms. The van der Waals surface area contributed by atoms with E-state index in [2.05, 4.69) is 27.5 Å². The molecule has 1 saturated heterocycles. The number of nitrogens with zero attached hydrogens (tertiary/aromatic N) is 3. The minimum atomic E-state index is -0.219. The number of hydrazone groups is 1. The molecule has 2 aliphatic rings. The first-order chi connectivity index (χ1) is 12.1. The van der Waals surface area contributed by atoms with Gasteiger partial charge in [-0.15, -0.1) is 0 Å². The van der Waals surface area contributed by atoms with Gasteiger partial charge in [-0.2, -0.15) is 5.10 Å². The first kappa shape index (κ1) is 17.6. The van der Waals surface area contributed by atoms with Crippen molar-refractivity contribution in [3.8, 4) is 0 Å². The van der Waals surface area contributed by atoms with Crippen molar-refractivity contribution in [3.05, 3.63) is 35.9 Å². The van der Waals surface area contributed by atoms with Crippen LogP contribution in [0.5, 0.6) is 0 Å². The van der Waals surface area contributed by atoms with E-state index < -0.39 is 0 Å². The van der Waals surface area contributed by atoms with Crippen LogP contribution in [0, 0.1) is 0 Å². The molecule has 1 N–H and O–H groups in total. The summed E-state index contributed by atoms with van der Waals surface area (Å²) in [5.41, 5.74) is 1.68. The lowest BCUT2D eigenvalue weighted by atomic mass is 10.1. The minimum absolute atomic E-state index is 0.0371. The summed E-state index contributed by atoms with van der Waals surface area (Å²) in [6.07, 6.45) is 0.679. The molecule has 1 aromatic carbocycles. The summed E-state index contributed by atoms with van der Waals surface area (Å²) in [5.74, 6) is -0.285. The van der Waals surface area contributed by atoms with Crippen LogP contribution in [0.1, 0.15) is 18.4 Å². The third-order valence-electron chi connectivity index (χ3n) is 4.43. The molecule has 0 saturated carbocycles. The van der Waals surface area contributed by atoms with Crippen molar-refractivity contribution >= 4 is 17.5 Å². The Hall–Kier alpha value is -2.25. The van der Waals surface area contributed by atoms with E-state index in [0.29, 0.717) is 31.7 Å². The van der Waals surface area contributed by atoms with Gasteiger partial charge in [-0.1, -0.05) is 30.3 Å². The Morgan fingerprint density at radius 3 is 2.88 bits per heavy atom. The number of carbonyl (C=O) groups excluding carboxylic acids is 2. The van der Waals surface area contributed by atoms with Crippen molar-refractivity contribution in [2.24, 2.45) is 5.10 Å². The summed E-state index contributed by atoms with van der Waals surface area (Å²) in [6.45, 7) is 3.65.